The van der Waals surface area contributed by atoms with Crippen molar-refractivity contribution in [1.82, 2.24) is 14.5 Å². The Kier molecular flexibility index (Phi) is 9.27. The number of sulfone groups is 1. The molecule has 0 saturated carbocycles. The number of benzene rings is 3. The van der Waals surface area contributed by atoms with E-state index in [4.69, 9.17) is 14.2 Å². The van der Waals surface area contributed by atoms with Crippen LogP contribution in [0.25, 0.3) is 0 Å². The van der Waals surface area contributed by atoms with Crippen LogP contribution in [0.5, 0.6) is 17.2 Å². The monoisotopic (exact) mass is 549 g/mol. The van der Waals surface area contributed by atoms with E-state index in [1.165, 1.54) is 6.20 Å². The maximum Gasteiger partial charge on any atom is 0.240 e. The Labute approximate surface area is 230 Å². The molecule has 0 radical (unpaired) electrons. The van der Waals surface area contributed by atoms with E-state index >= 15 is 0 Å². The molecule has 1 atom stereocenters. The second kappa shape index (κ2) is 12.8. The minimum Gasteiger partial charge on any atom is -0.493 e. The molecule has 0 N–H and O–H groups in total. The van der Waals surface area contributed by atoms with Crippen LogP contribution in [0.3, 0.4) is 0 Å². The third-order valence-electron chi connectivity index (χ3n) is 6.38. The average molecular weight is 550 g/mol. The van der Waals surface area contributed by atoms with E-state index in [0.29, 0.717) is 24.6 Å². The van der Waals surface area contributed by atoms with Gasteiger partial charge in [0, 0.05) is 32.0 Å². The molecule has 1 aromatic heterocycles. The van der Waals surface area contributed by atoms with Crippen LogP contribution in [-0.2, 0) is 22.8 Å². The third-order valence-corrected chi connectivity index (χ3v) is 8.10. The highest BCUT2D eigenvalue weighted by Gasteiger charge is 2.23. The van der Waals surface area contributed by atoms with Gasteiger partial charge in [0.2, 0.25) is 15.0 Å². The molecule has 0 saturated heterocycles. The standard InChI is InChI=1S/C30H35N3O5S/c1-23(21-32(2)18-16-24-10-15-28(36-3)29(20-24)37-4)38-26-11-13-27(14-12-26)39(34,35)30-31-17-19-33(30)22-25-8-6-5-7-9-25/h5-15,17,19-20,23H,16,18,21-22H2,1-4H3. The molecule has 39 heavy (non-hydrogen) atoms. The normalized spacial score (nSPS) is 12.3. The van der Waals surface area contributed by atoms with Crippen LogP contribution in [-0.4, -0.2) is 63.3 Å². The van der Waals surface area contributed by atoms with E-state index in [2.05, 4.69) is 9.88 Å². The maximum absolute atomic E-state index is 13.3. The molecule has 4 aromatic rings. The molecule has 0 amide bonds. The Balaban J connectivity index is 1.33. The second-order valence-electron chi connectivity index (χ2n) is 9.43. The molecule has 8 nitrogen and oxygen atoms in total. The van der Waals surface area contributed by atoms with Gasteiger partial charge in [-0.25, -0.2) is 13.4 Å². The van der Waals surface area contributed by atoms with E-state index in [1.807, 2.05) is 62.5 Å². The predicted octanol–water partition coefficient (Wildman–Crippen LogP) is 4.72. The molecule has 4 rings (SSSR count). The lowest BCUT2D eigenvalue weighted by molar-refractivity contribution is 0.163. The summed E-state index contributed by atoms with van der Waals surface area (Å²) < 4.78 is 45.0. The highest BCUT2D eigenvalue weighted by atomic mass is 32.2. The van der Waals surface area contributed by atoms with Gasteiger partial charge in [0.05, 0.1) is 19.1 Å². The fourth-order valence-corrected chi connectivity index (χ4v) is 5.74. The zero-order chi connectivity index (χ0) is 27.8. The van der Waals surface area contributed by atoms with Gasteiger partial charge in [-0.1, -0.05) is 36.4 Å². The first kappa shape index (κ1) is 28.2. The van der Waals surface area contributed by atoms with Crippen LogP contribution in [0.2, 0.25) is 0 Å². The number of hydrogen-bond acceptors (Lipinski definition) is 7. The van der Waals surface area contributed by atoms with Crippen LogP contribution in [0.4, 0.5) is 0 Å². The number of likely N-dealkylation sites (N-methyl/N-ethyl adjacent to an activating group) is 1. The fourth-order valence-electron chi connectivity index (χ4n) is 4.40. The number of imidazole rings is 1. The first-order valence-corrected chi connectivity index (χ1v) is 14.2. The summed E-state index contributed by atoms with van der Waals surface area (Å²) in [5.74, 6) is 2.05. The molecule has 206 valence electrons. The van der Waals surface area contributed by atoms with Crippen molar-refractivity contribution in [3.63, 3.8) is 0 Å². The van der Waals surface area contributed by atoms with E-state index < -0.39 is 9.84 Å². The van der Waals surface area contributed by atoms with E-state index in [9.17, 15) is 8.42 Å². The number of aromatic nitrogens is 2. The van der Waals surface area contributed by atoms with Crippen LogP contribution in [0.15, 0.2) is 95.2 Å². The van der Waals surface area contributed by atoms with Crippen molar-refractivity contribution >= 4 is 9.84 Å². The van der Waals surface area contributed by atoms with Crippen molar-refractivity contribution in [2.75, 3.05) is 34.4 Å². The molecule has 3 aromatic carbocycles. The molecular weight excluding hydrogens is 514 g/mol. The van der Waals surface area contributed by atoms with Gasteiger partial charge in [-0.3, -0.25) is 0 Å². The van der Waals surface area contributed by atoms with Crippen LogP contribution < -0.4 is 14.2 Å². The van der Waals surface area contributed by atoms with Crippen molar-refractivity contribution in [2.45, 2.75) is 36.0 Å². The number of hydrogen-bond donors (Lipinski definition) is 0. The van der Waals surface area contributed by atoms with Crippen molar-refractivity contribution in [1.29, 1.82) is 0 Å². The van der Waals surface area contributed by atoms with E-state index in [0.717, 1.165) is 29.8 Å². The first-order chi connectivity index (χ1) is 18.8. The van der Waals surface area contributed by atoms with Crippen molar-refractivity contribution in [3.05, 3.63) is 96.3 Å². The van der Waals surface area contributed by atoms with Gasteiger partial charge >= 0.3 is 0 Å². The SMILES string of the molecule is COc1ccc(CCN(C)CC(C)Oc2ccc(S(=O)(=O)c3nccn3Cc3ccccc3)cc2)cc1OC. The lowest BCUT2D eigenvalue weighted by Gasteiger charge is -2.22. The van der Waals surface area contributed by atoms with Crippen molar-refractivity contribution in [3.8, 4) is 17.2 Å². The summed E-state index contributed by atoms with van der Waals surface area (Å²) >= 11 is 0. The summed E-state index contributed by atoms with van der Waals surface area (Å²) in [5.41, 5.74) is 2.16. The molecule has 9 heteroatoms. The number of rotatable bonds is 13. The number of nitrogens with zero attached hydrogens (tertiary/aromatic N) is 3. The highest BCUT2D eigenvalue weighted by molar-refractivity contribution is 7.91. The minimum atomic E-state index is -3.78. The Bertz CT molecular complexity index is 1450. The zero-order valence-electron chi connectivity index (χ0n) is 22.8. The van der Waals surface area contributed by atoms with Gasteiger partial charge in [0.25, 0.3) is 0 Å². The van der Waals surface area contributed by atoms with Gasteiger partial charge < -0.3 is 23.7 Å². The Morgan fingerprint density at radius 1 is 0.923 bits per heavy atom. The maximum atomic E-state index is 13.3. The van der Waals surface area contributed by atoms with Gasteiger partial charge in [0.15, 0.2) is 11.5 Å². The van der Waals surface area contributed by atoms with Crippen LogP contribution in [0.1, 0.15) is 18.1 Å². The smallest absolute Gasteiger partial charge is 0.240 e. The molecule has 0 fully saturated rings. The summed E-state index contributed by atoms with van der Waals surface area (Å²) in [7, 11) is 1.53. The largest absolute Gasteiger partial charge is 0.493 e. The van der Waals surface area contributed by atoms with Crippen molar-refractivity contribution < 1.29 is 22.6 Å². The zero-order valence-corrected chi connectivity index (χ0v) is 23.6. The summed E-state index contributed by atoms with van der Waals surface area (Å²) in [6.45, 7) is 3.98. The van der Waals surface area contributed by atoms with Crippen LogP contribution >= 0.6 is 0 Å². The van der Waals surface area contributed by atoms with E-state index in [-0.39, 0.29) is 16.2 Å². The second-order valence-corrected chi connectivity index (χ2v) is 11.3. The molecular formula is C30H35N3O5S. The quantitative estimate of drug-likeness (QED) is 0.239. The van der Waals surface area contributed by atoms with Gasteiger partial charge in [-0.2, -0.15) is 0 Å². The number of methoxy groups -OCH3 is 2. The van der Waals surface area contributed by atoms with Gasteiger partial charge in [-0.15, -0.1) is 0 Å². The van der Waals surface area contributed by atoms with Gasteiger partial charge in [-0.05, 0) is 67.9 Å². The summed E-state index contributed by atoms with van der Waals surface area (Å²) in [6, 6.07) is 22.2. The fraction of sp³-hybridized carbons (Fsp3) is 0.300. The summed E-state index contributed by atoms with van der Waals surface area (Å²) in [5, 5.41) is 0.0181. The molecule has 0 bridgehead atoms. The van der Waals surface area contributed by atoms with Crippen molar-refractivity contribution in [2.24, 2.45) is 0 Å². The molecule has 0 spiro atoms. The Morgan fingerprint density at radius 2 is 1.64 bits per heavy atom. The van der Waals surface area contributed by atoms with Gasteiger partial charge in [0.1, 0.15) is 11.9 Å². The molecule has 1 heterocycles. The number of ether oxygens (including phenoxy) is 3. The van der Waals surface area contributed by atoms with Crippen LogP contribution in [0, 0.1) is 0 Å². The lowest BCUT2D eigenvalue weighted by Crippen LogP contribution is -2.32. The molecule has 0 aliphatic heterocycles. The van der Waals surface area contributed by atoms with E-state index in [1.54, 1.807) is 49.2 Å². The Morgan fingerprint density at radius 3 is 2.33 bits per heavy atom. The predicted molar refractivity (Wildman–Crippen MR) is 151 cm³/mol. The first-order valence-electron chi connectivity index (χ1n) is 12.8. The Hall–Kier alpha value is -3.82. The average Bonchev–Trinajstić information content (AvgIpc) is 3.41. The third kappa shape index (κ3) is 7.19. The lowest BCUT2D eigenvalue weighted by atomic mass is 10.1. The summed E-state index contributed by atoms with van der Waals surface area (Å²) in [6.07, 6.45) is 3.96. The molecule has 1 unspecified atom stereocenters. The minimum absolute atomic E-state index is 0.0181. The molecule has 0 aliphatic carbocycles. The topological polar surface area (TPSA) is 82.9 Å². The highest BCUT2D eigenvalue weighted by Crippen LogP contribution is 2.28. The summed E-state index contributed by atoms with van der Waals surface area (Å²) in [4.78, 5) is 6.52. The molecule has 0 aliphatic rings.